The highest BCUT2D eigenvalue weighted by molar-refractivity contribution is 14.1. The highest BCUT2D eigenvalue weighted by atomic mass is 127. The lowest BCUT2D eigenvalue weighted by Gasteiger charge is -1.99. The monoisotopic (exact) mass is 417 g/mol. The van der Waals surface area contributed by atoms with Gasteiger partial charge in [-0.25, -0.2) is 0 Å². The van der Waals surface area contributed by atoms with Gasteiger partial charge in [-0.3, -0.25) is 0 Å². The second-order valence-electron chi connectivity index (χ2n) is 5.87. The summed E-state index contributed by atoms with van der Waals surface area (Å²) in [5, 5.41) is 23.0. The van der Waals surface area contributed by atoms with Gasteiger partial charge in [-0.05, 0) is 71.1 Å². The number of nitrogens with zero attached hydrogens (tertiary/aromatic N) is 3. The van der Waals surface area contributed by atoms with E-state index in [1.165, 1.54) is 3.57 Å². The molecule has 0 N–H and O–H groups in total. The minimum Gasteiger partial charge on any atom is -0.308 e. The van der Waals surface area contributed by atoms with Gasteiger partial charge >= 0.3 is 0 Å². The van der Waals surface area contributed by atoms with Gasteiger partial charge in [-0.1, -0.05) is 0 Å². The summed E-state index contributed by atoms with van der Waals surface area (Å²) in [6, 6.07) is 20.5. The molecular weight excluding hydrogens is 409 g/mol. The van der Waals surface area contributed by atoms with Crippen LogP contribution >= 0.6 is 22.6 Å². The lowest BCUT2D eigenvalue weighted by Crippen LogP contribution is -1.81. The van der Waals surface area contributed by atoms with Crippen molar-refractivity contribution in [3.63, 3.8) is 0 Å². The standard InChI is InChI=1S/C20H8IN3/c21-13-2-4-19-15(8-13)17-7-12(10-23)6-16-14-5-11(9-22)1-3-18(14)24(19)20(16)17/h1-8H. The highest BCUT2D eigenvalue weighted by Crippen LogP contribution is 2.40. The Morgan fingerprint density at radius 3 is 1.96 bits per heavy atom. The summed E-state index contributed by atoms with van der Waals surface area (Å²) >= 11 is 2.31. The summed E-state index contributed by atoms with van der Waals surface area (Å²) in [5.74, 6) is 0. The Balaban J connectivity index is 2.18. The van der Waals surface area contributed by atoms with E-state index in [0.717, 1.165) is 38.1 Å². The molecule has 0 aliphatic carbocycles. The number of nitriles is 2. The van der Waals surface area contributed by atoms with Crippen molar-refractivity contribution in [3.05, 3.63) is 63.2 Å². The minimum atomic E-state index is 0.633. The maximum absolute atomic E-state index is 9.44. The van der Waals surface area contributed by atoms with Crippen LogP contribution in [0.4, 0.5) is 0 Å². The Kier molecular flexibility index (Phi) is 2.60. The third-order valence-corrected chi connectivity index (χ3v) is 5.28. The first-order valence-corrected chi connectivity index (χ1v) is 8.52. The fourth-order valence-electron chi connectivity index (χ4n) is 3.66. The van der Waals surface area contributed by atoms with Gasteiger partial charge in [-0.15, -0.1) is 0 Å². The van der Waals surface area contributed by atoms with Gasteiger partial charge < -0.3 is 4.40 Å². The molecule has 0 saturated carbocycles. The molecule has 3 aromatic carbocycles. The number of rotatable bonds is 0. The molecule has 110 valence electrons. The van der Waals surface area contributed by atoms with Crippen molar-refractivity contribution >= 4 is 60.7 Å². The maximum atomic E-state index is 9.44. The van der Waals surface area contributed by atoms with Crippen LogP contribution in [0.2, 0.25) is 0 Å². The molecule has 0 saturated heterocycles. The normalized spacial score (nSPS) is 11.5. The van der Waals surface area contributed by atoms with Gasteiger partial charge in [0.1, 0.15) is 0 Å². The number of hydrogen-bond acceptors (Lipinski definition) is 2. The lowest BCUT2D eigenvalue weighted by molar-refractivity contribution is 1.37. The average molecular weight is 417 g/mol. The van der Waals surface area contributed by atoms with Crippen molar-refractivity contribution in [2.45, 2.75) is 0 Å². The van der Waals surface area contributed by atoms with Crippen molar-refractivity contribution in [1.29, 1.82) is 10.5 Å². The number of fused-ring (bicyclic) bond motifs is 6. The van der Waals surface area contributed by atoms with E-state index in [9.17, 15) is 10.5 Å². The fourth-order valence-corrected chi connectivity index (χ4v) is 4.15. The lowest BCUT2D eigenvalue weighted by atomic mass is 10.0. The van der Waals surface area contributed by atoms with Crippen molar-refractivity contribution in [3.8, 4) is 12.1 Å². The molecule has 0 bridgehead atoms. The third-order valence-electron chi connectivity index (χ3n) is 4.61. The van der Waals surface area contributed by atoms with Crippen LogP contribution in [0.1, 0.15) is 11.1 Å². The Morgan fingerprint density at radius 1 is 0.708 bits per heavy atom. The summed E-state index contributed by atoms with van der Waals surface area (Å²) in [4.78, 5) is 0. The molecule has 0 atom stereocenters. The number of hydrogen-bond donors (Lipinski definition) is 0. The summed E-state index contributed by atoms with van der Waals surface area (Å²) in [6.07, 6.45) is 0. The van der Waals surface area contributed by atoms with E-state index in [1.54, 1.807) is 0 Å². The van der Waals surface area contributed by atoms with Gasteiger partial charge in [0.05, 0.1) is 39.8 Å². The van der Waals surface area contributed by atoms with Gasteiger partial charge in [0.15, 0.2) is 0 Å². The first-order chi connectivity index (χ1) is 11.7. The Bertz CT molecular complexity index is 1380. The van der Waals surface area contributed by atoms with Crippen molar-refractivity contribution in [2.24, 2.45) is 0 Å². The van der Waals surface area contributed by atoms with Gasteiger partial charge in [-0.2, -0.15) is 10.5 Å². The Morgan fingerprint density at radius 2 is 1.29 bits per heavy atom. The van der Waals surface area contributed by atoms with E-state index in [4.69, 9.17) is 0 Å². The highest BCUT2D eigenvalue weighted by Gasteiger charge is 2.18. The molecule has 5 aromatic rings. The smallest absolute Gasteiger partial charge is 0.0992 e. The quantitative estimate of drug-likeness (QED) is 0.326. The molecule has 4 heteroatoms. The van der Waals surface area contributed by atoms with Gasteiger partial charge in [0.2, 0.25) is 0 Å². The third kappa shape index (κ3) is 1.59. The predicted octanol–water partition coefficient (Wildman–Crippen LogP) is 5.18. The van der Waals surface area contributed by atoms with E-state index < -0.39 is 0 Å². The zero-order chi connectivity index (χ0) is 16.4. The number of benzene rings is 3. The van der Waals surface area contributed by atoms with Crippen molar-refractivity contribution in [2.75, 3.05) is 0 Å². The first-order valence-electron chi connectivity index (χ1n) is 7.44. The van der Waals surface area contributed by atoms with Crippen LogP contribution < -0.4 is 0 Å². The molecule has 0 radical (unpaired) electrons. The van der Waals surface area contributed by atoms with Crippen LogP contribution in [0.3, 0.4) is 0 Å². The van der Waals surface area contributed by atoms with Crippen LogP contribution in [0.25, 0.3) is 38.1 Å². The Labute approximate surface area is 150 Å². The molecule has 2 heterocycles. The molecule has 2 aromatic heterocycles. The largest absolute Gasteiger partial charge is 0.308 e. The maximum Gasteiger partial charge on any atom is 0.0992 e. The van der Waals surface area contributed by atoms with Crippen LogP contribution in [0.5, 0.6) is 0 Å². The molecule has 5 rings (SSSR count). The number of aromatic nitrogens is 1. The topological polar surface area (TPSA) is 52.0 Å². The zero-order valence-corrected chi connectivity index (χ0v) is 14.5. The van der Waals surface area contributed by atoms with Crippen molar-refractivity contribution < 1.29 is 0 Å². The van der Waals surface area contributed by atoms with E-state index in [0.29, 0.717) is 11.1 Å². The minimum absolute atomic E-state index is 0.633. The second-order valence-corrected chi connectivity index (χ2v) is 7.12. The van der Waals surface area contributed by atoms with Gasteiger partial charge in [0.25, 0.3) is 0 Å². The SMILES string of the molecule is N#Cc1ccc2c(c1)c1cc(C#N)cc3c4cc(I)ccc4n2c31. The summed E-state index contributed by atoms with van der Waals surface area (Å²) in [5.41, 5.74) is 4.60. The predicted molar refractivity (Wildman–Crippen MR) is 103 cm³/mol. The second kappa shape index (κ2) is 4.59. The molecule has 3 nitrogen and oxygen atoms in total. The molecule has 24 heavy (non-hydrogen) atoms. The van der Waals surface area contributed by atoms with Crippen LogP contribution in [-0.2, 0) is 0 Å². The number of halogens is 1. The summed E-state index contributed by atoms with van der Waals surface area (Å²) in [7, 11) is 0. The zero-order valence-electron chi connectivity index (χ0n) is 12.3. The van der Waals surface area contributed by atoms with E-state index in [1.807, 2.05) is 30.3 Å². The molecule has 0 amide bonds. The Hall–Kier alpha value is -2.83. The molecule has 0 fully saturated rings. The summed E-state index contributed by atoms with van der Waals surface area (Å²) in [6.45, 7) is 0. The van der Waals surface area contributed by atoms with Gasteiger partial charge in [0, 0.05) is 25.1 Å². The fraction of sp³-hybridized carbons (Fsp3) is 0. The van der Waals surface area contributed by atoms with E-state index in [-0.39, 0.29) is 0 Å². The van der Waals surface area contributed by atoms with Crippen molar-refractivity contribution in [1.82, 2.24) is 4.40 Å². The van der Waals surface area contributed by atoms with E-state index >= 15 is 0 Å². The molecule has 0 aliphatic heterocycles. The molecule has 0 unspecified atom stereocenters. The molecule has 0 aliphatic rings. The van der Waals surface area contributed by atoms with Crippen LogP contribution in [0.15, 0.2) is 48.5 Å². The summed E-state index contributed by atoms with van der Waals surface area (Å²) < 4.78 is 3.41. The molecule has 0 spiro atoms. The molecular formula is C20H8IN3. The van der Waals surface area contributed by atoms with Crippen LogP contribution in [0, 0.1) is 26.2 Å². The van der Waals surface area contributed by atoms with Crippen LogP contribution in [-0.4, -0.2) is 4.40 Å². The first kappa shape index (κ1) is 13.6. The average Bonchev–Trinajstić information content (AvgIpc) is 3.11. The van der Waals surface area contributed by atoms with E-state index in [2.05, 4.69) is 57.3 Å².